The fourth-order valence-corrected chi connectivity index (χ4v) is 2.44. The van der Waals surface area contributed by atoms with Gasteiger partial charge < -0.3 is 15.2 Å². The summed E-state index contributed by atoms with van der Waals surface area (Å²) in [5.41, 5.74) is -0.0139. The van der Waals surface area contributed by atoms with E-state index in [1.54, 1.807) is 17.0 Å². The van der Waals surface area contributed by atoms with Crippen molar-refractivity contribution in [3.63, 3.8) is 0 Å². The van der Waals surface area contributed by atoms with Crippen LogP contribution in [-0.2, 0) is 6.54 Å². The average molecular weight is 264 g/mol. The molecule has 0 bridgehead atoms. The van der Waals surface area contributed by atoms with Crippen LogP contribution in [-0.4, -0.2) is 29.2 Å². The molecule has 0 saturated carbocycles. The number of nitrogens with zero attached hydrogens (tertiary/aromatic N) is 2. The van der Waals surface area contributed by atoms with Gasteiger partial charge in [-0.1, -0.05) is 13.8 Å². The Labute approximate surface area is 114 Å². The molecule has 5 heteroatoms. The second kappa shape index (κ2) is 6.70. The molecule has 1 fully saturated rings. The van der Waals surface area contributed by atoms with Crippen LogP contribution >= 0.6 is 0 Å². The number of aromatic nitrogens is 2. The quantitative estimate of drug-likeness (QED) is 0.842. The van der Waals surface area contributed by atoms with E-state index in [1.807, 2.05) is 0 Å². The molecule has 1 unspecified atom stereocenters. The Morgan fingerprint density at radius 3 is 3.11 bits per heavy atom. The molecule has 1 aliphatic heterocycles. The van der Waals surface area contributed by atoms with E-state index in [0.29, 0.717) is 17.7 Å². The zero-order valence-corrected chi connectivity index (χ0v) is 11.9. The normalized spacial score (nSPS) is 19.6. The van der Waals surface area contributed by atoms with Crippen LogP contribution in [0.1, 0.15) is 26.7 Å². The lowest BCUT2D eigenvalue weighted by molar-refractivity contribution is 0.392. The van der Waals surface area contributed by atoms with Gasteiger partial charge in [0.1, 0.15) is 0 Å². The summed E-state index contributed by atoms with van der Waals surface area (Å²) in [5.74, 6) is 1.53. The number of hydrogen-bond donors (Lipinski definition) is 2. The minimum Gasteiger partial charge on any atom is -0.365 e. The number of rotatable bonds is 5. The molecular weight excluding hydrogens is 240 g/mol. The van der Waals surface area contributed by atoms with Gasteiger partial charge in [-0.2, -0.15) is 0 Å². The Kier molecular flexibility index (Phi) is 4.96. The minimum atomic E-state index is -0.0139. The molecule has 1 aromatic rings. The van der Waals surface area contributed by atoms with E-state index in [-0.39, 0.29) is 5.56 Å². The maximum atomic E-state index is 12.2. The van der Waals surface area contributed by atoms with Crippen molar-refractivity contribution in [1.29, 1.82) is 0 Å². The molecule has 1 aromatic heterocycles. The standard InChI is InChI=1S/C14H24N4O/c1-11(2)10-18-7-6-16-13(14(18)19)17-9-12-4-3-5-15-8-12/h6-7,11-12,15H,3-5,8-10H2,1-2H3,(H,16,17). The first kappa shape index (κ1) is 14.1. The van der Waals surface area contributed by atoms with Crippen molar-refractivity contribution in [3.8, 4) is 0 Å². The summed E-state index contributed by atoms with van der Waals surface area (Å²) in [4.78, 5) is 16.4. The molecule has 0 spiro atoms. The Hall–Kier alpha value is -1.36. The SMILES string of the molecule is CC(C)Cn1ccnc(NCC2CCCNC2)c1=O. The molecule has 2 heterocycles. The fourth-order valence-electron chi connectivity index (χ4n) is 2.44. The van der Waals surface area contributed by atoms with Crippen molar-refractivity contribution in [3.05, 3.63) is 22.7 Å². The third kappa shape index (κ3) is 4.06. The van der Waals surface area contributed by atoms with Crippen LogP contribution in [0.3, 0.4) is 0 Å². The highest BCUT2D eigenvalue weighted by Gasteiger charge is 2.14. The molecule has 2 rings (SSSR count). The number of nitrogens with one attached hydrogen (secondary N) is 2. The van der Waals surface area contributed by atoms with Gasteiger partial charge in [0.25, 0.3) is 5.56 Å². The summed E-state index contributed by atoms with van der Waals surface area (Å²) in [7, 11) is 0. The van der Waals surface area contributed by atoms with Crippen molar-refractivity contribution in [1.82, 2.24) is 14.9 Å². The third-order valence-corrected chi connectivity index (χ3v) is 3.43. The second-order valence-corrected chi connectivity index (χ2v) is 5.72. The van der Waals surface area contributed by atoms with E-state index in [9.17, 15) is 4.79 Å². The van der Waals surface area contributed by atoms with E-state index < -0.39 is 0 Å². The second-order valence-electron chi connectivity index (χ2n) is 5.72. The zero-order valence-electron chi connectivity index (χ0n) is 11.9. The Morgan fingerprint density at radius 2 is 2.42 bits per heavy atom. The lowest BCUT2D eigenvalue weighted by Crippen LogP contribution is -2.35. The molecule has 2 N–H and O–H groups in total. The fraction of sp³-hybridized carbons (Fsp3) is 0.714. The highest BCUT2D eigenvalue weighted by Crippen LogP contribution is 2.10. The predicted molar refractivity (Wildman–Crippen MR) is 77.4 cm³/mol. The zero-order chi connectivity index (χ0) is 13.7. The van der Waals surface area contributed by atoms with Gasteiger partial charge in [-0.15, -0.1) is 0 Å². The molecule has 106 valence electrons. The smallest absolute Gasteiger partial charge is 0.293 e. The molecule has 19 heavy (non-hydrogen) atoms. The summed E-state index contributed by atoms with van der Waals surface area (Å²) < 4.78 is 1.74. The molecule has 0 amide bonds. The van der Waals surface area contributed by atoms with Crippen LogP contribution in [0.25, 0.3) is 0 Å². The first-order chi connectivity index (χ1) is 9.16. The maximum Gasteiger partial charge on any atom is 0.293 e. The van der Waals surface area contributed by atoms with E-state index in [0.717, 1.165) is 26.2 Å². The van der Waals surface area contributed by atoms with Gasteiger partial charge >= 0.3 is 0 Å². The molecule has 1 aliphatic rings. The molecule has 0 radical (unpaired) electrons. The third-order valence-electron chi connectivity index (χ3n) is 3.43. The van der Waals surface area contributed by atoms with Crippen LogP contribution in [0.2, 0.25) is 0 Å². The Morgan fingerprint density at radius 1 is 1.58 bits per heavy atom. The van der Waals surface area contributed by atoms with Gasteiger partial charge in [0.15, 0.2) is 5.82 Å². The topological polar surface area (TPSA) is 59.0 Å². The van der Waals surface area contributed by atoms with Crippen molar-refractivity contribution in [2.24, 2.45) is 11.8 Å². The number of anilines is 1. The molecule has 1 atom stereocenters. The van der Waals surface area contributed by atoms with Crippen molar-refractivity contribution in [2.75, 3.05) is 25.0 Å². The van der Waals surface area contributed by atoms with Gasteiger partial charge in [-0.25, -0.2) is 4.98 Å². The predicted octanol–water partition coefficient (Wildman–Crippen LogP) is 1.31. The van der Waals surface area contributed by atoms with Gasteiger partial charge in [-0.3, -0.25) is 4.79 Å². The highest BCUT2D eigenvalue weighted by atomic mass is 16.1. The van der Waals surface area contributed by atoms with Crippen LogP contribution < -0.4 is 16.2 Å². The summed E-state index contributed by atoms with van der Waals surface area (Å²) in [6.45, 7) is 7.91. The lowest BCUT2D eigenvalue weighted by atomic mass is 10.00. The first-order valence-corrected chi connectivity index (χ1v) is 7.17. The van der Waals surface area contributed by atoms with E-state index in [4.69, 9.17) is 0 Å². The summed E-state index contributed by atoms with van der Waals surface area (Å²) in [6, 6.07) is 0. The van der Waals surface area contributed by atoms with Crippen LogP contribution in [0, 0.1) is 11.8 Å². The van der Waals surface area contributed by atoms with Crippen LogP contribution in [0.15, 0.2) is 17.2 Å². The van der Waals surface area contributed by atoms with Crippen molar-refractivity contribution >= 4 is 5.82 Å². The molecular formula is C14H24N4O. The number of hydrogen-bond acceptors (Lipinski definition) is 4. The Balaban J connectivity index is 1.97. The van der Waals surface area contributed by atoms with Crippen LogP contribution in [0.4, 0.5) is 5.82 Å². The van der Waals surface area contributed by atoms with E-state index >= 15 is 0 Å². The summed E-state index contributed by atoms with van der Waals surface area (Å²) in [5, 5.41) is 6.59. The van der Waals surface area contributed by atoms with Gasteiger partial charge in [0.2, 0.25) is 0 Å². The maximum absolute atomic E-state index is 12.2. The first-order valence-electron chi connectivity index (χ1n) is 7.17. The molecule has 1 saturated heterocycles. The summed E-state index contributed by atoms with van der Waals surface area (Å²) in [6.07, 6.45) is 5.89. The summed E-state index contributed by atoms with van der Waals surface area (Å²) >= 11 is 0. The van der Waals surface area contributed by atoms with Crippen LogP contribution in [0.5, 0.6) is 0 Å². The van der Waals surface area contributed by atoms with Crippen molar-refractivity contribution < 1.29 is 0 Å². The Bertz CT molecular complexity index is 449. The molecule has 0 aliphatic carbocycles. The van der Waals surface area contributed by atoms with Gasteiger partial charge in [0, 0.05) is 25.5 Å². The highest BCUT2D eigenvalue weighted by molar-refractivity contribution is 5.30. The lowest BCUT2D eigenvalue weighted by Gasteiger charge is -2.23. The minimum absolute atomic E-state index is 0.0139. The molecule has 5 nitrogen and oxygen atoms in total. The number of piperidine rings is 1. The average Bonchev–Trinajstić information content (AvgIpc) is 2.40. The molecule has 0 aromatic carbocycles. The van der Waals surface area contributed by atoms with Gasteiger partial charge in [0.05, 0.1) is 0 Å². The largest absolute Gasteiger partial charge is 0.365 e. The van der Waals surface area contributed by atoms with E-state index in [1.165, 1.54) is 12.8 Å². The van der Waals surface area contributed by atoms with Crippen molar-refractivity contribution in [2.45, 2.75) is 33.2 Å². The van der Waals surface area contributed by atoms with E-state index in [2.05, 4.69) is 29.5 Å². The monoisotopic (exact) mass is 264 g/mol. The van der Waals surface area contributed by atoms with Gasteiger partial charge in [-0.05, 0) is 37.8 Å².